The fraction of sp³-hybridized carbons (Fsp3) is 0.0769. The average molecular weight is 490 g/mol. The molecule has 0 amide bonds. The molecule has 0 atom stereocenters. The van der Waals surface area contributed by atoms with Gasteiger partial charge >= 0.3 is 0 Å². The van der Waals surface area contributed by atoms with Gasteiger partial charge in [0.05, 0.1) is 51.4 Å². The number of aromatic nitrogens is 1. The topological polar surface area (TPSA) is 100 Å². The number of fused-ring (bicyclic) bond motifs is 1. The van der Waals surface area contributed by atoms with E-state index in [0.29, 0.717) is 11.3 Å². The molecule has 35 heavy (non-hydrogen) atoms. The first kappa shape index (κ1) is 23.7. The third kappa shape index (κ3) is 4.50. The summed E-state index contributed by atoms with van der Waals surface area (Å²) < 4.78 is 59.8. The summed E-state index contributed by atoms with van der Waals surface area (Å²) in [6, 6.07) is 14.4. The van der Waals surface area contributed by atoms with Crippen LogP contribution in [-0.4, -0.2) is 26.8 Å². The molecular formula is C26H16F2N2O4S. The molecule has 6 nitrogen and oxygen atoms in total. The minimum absolute atomic E-state index is 0.00770. The summed E-state index contributed by atoms with van der Waals surface area (Å²) in [6.07, 6.45) is 0.975. The Hall–Kier alpha value is -4.47. The van der Waals surface area contributed by atoms with Gasteiger partial charge in [-0.25, -0.2) is 17.2 Å². The van der Waals surface area contributed by atoms with E-state index in [4.69, 9.17) is 4.74 Å². The van der Waals surface area contributed by atoms with Crippen LogP contribution in [0.2, 0.25) is 0 Å². The second-order valence-electron chi connectivity index (χ2n) is 7.56. The predicted molar refractivity (Wildman–Crippen MR) is 127 cm³/mol. The van der Waals surface area contributed by atoms with Gasteiger partial charge in [0.2, 0.25) is 0 Å². The molecule has 174 valence electrons. The van der Waals surface area contributed by atoms with Gasteiger partial charge in [0.15, 0.2) is 21.1 Å². The number of pyridine rings is 1. The van der Waals surface area contributed by atoms with Crippen molar-refractivity contribution >= 4 is 20.7 Å². The Morgan fingerprint density at radius 3 is 2.46 bits per heavy atom. The van der Waals surface area contributed by atoms with Crippen molar-refractivity contribution < 1.29 is 21.9 Å². The maximum Gasteiger partial charge on any atom is 0.193 e. The summed E-state index contributed by atoms with van der Waals surface area (Å²) in [6.45, 7) is 0. The Bertz CT molecular complexity index is 1780. The summed E-state index contributed by atoms with van der Waals surface area (Å²) in [4.78, 5) is 15.5. The number of benzene rings is 3. The van der Waals surface area contributed by atoms with E-state index in [1.54, 1.807) is 24.3 Å². The lowest BCUT2D eigenvalue weighted by atomic mass is 10.0. The summed E-state index contributed by atoms with van der Waals surface area (Å²) in [5.41, 5.74) is -1.01. The molecule has 4 rings (SSSR count). The highest BCUT2D eigenvalue weighted by Gasteiger charge is 2.20. The number of hydrogen-bond donors (Lipinski definition) is 1. The molecule has 0 fully saturated rings. The number of ether oxygens (including phenoxy) is 1. The standard InChI is InChI=1S/C26H16F2N2O4S/c1-34-23-6-4-3-5-16(23)8-9-17-19(27)12-21-25(26(17)28)22(31)13-20(30-21)18-11-15(14-29)7-10-24(18)35(2,32)33/h3-7,10-13H,1-2H3,(H,30,31). The van der Waals surface area contributed by atoms with Crippen molar-refractivity contribution in [1.29, 1.82) is 5.26 Å². The second-order valence-corrected chi connectivity index (χ2v) is 9.55. The Morgan fingerprint density at radius 1 is 1.03 bits per heavy atom. The number of hydrogen-bond acceptors (Lipinski definition) is 5. The summed E-state index contributed by atoms with van der Waals surface area (Å²) in [5.74, 6) is 3.35. The van der Waals surface area contributed by atoms with Crippen LogP contribution in [0.3, 0.4) is 0 Å². The van der Waals surface area contributed by atoms with Crippen LogP contribution in [0.25, 0.3) is 22.2 Å². The van der Waals surface area contributed by atoms with Crippen molar-refractivity contribution in [2.75, 3.05) is 13.4 Å². The number of halogens is 2. The first-order valence-electron chi connectivity index (χ1n) is 10.1. The monoisotopic (exact) mass is 490 g/mol. The number of H-pyrrole nitrogens is 1. The van der Waals surface area contributed by atoms with Gasteiger partial charge in [-0.2, -0.15) is 5.26 Å². The number of nitrogens with one attached hydrogen (secondary N) is 1. The Labute approximate surface area is 199 Å². The molecule has 1 aromatic heterocycles. The predicted octanol–water partition coefficient (Wildman–Crippen LogP) is 4.16. The zero-order valence-electron chi connectivity index (χ0n) is 18.4. The highest BCUT2D eigenvalue weighted by molar-refractivity contribution is 7.90. The van der Waals surface area contributed by atoms with Gasteiger partial charge in [-0.1, -0.05) is 24.0 Å². The van der Waals surface area contributed by atoms with Crippen molar-refractivity contribution in [1.82, 2.24) is 4.98 Å². The molecule has 3 aromatic carbocycles. The van der Waals surface area contributed by atoms with Crippen molar-refractivity contribution in [2.45, 2.75) is 4.90 Å². The normalized spacial score (nSPS) is 10.9. The molecule has 0 bridgehead atoms. The molecule has 0 saturated carbocycles. The van der Waals surface area contributed by atoms with Gasteiger partial charge in [-0.05, 0) is 36.4 Å². The number of nitrogens with zero attached hydrogens (tertiary/aromatic N) is 1. The molecule has 0 aliphatic carbocycles. The molecule has 1 N–H and O–H groups in total. The highest BCUT2D eigenvalue weighted by atomic mass is 32.2. The van der Waals surface area contributed by atoms with E-state index in [0.717, 1.165) is 18.4 Å². The van der Waals surface area contributed by atoms with Crippen LogP contribution < -0.4 is 10.2 Å². The lowest BCUT2D eigenvalue weighted by Gasteiger charge is -2.11. The van der Waals surface area contributed by atoms with E-state index in [2.05, 4.69) is 16.8 Å². The summed E-state index contributed by atoms with van der Waals surface area (Å²) in [5, 5.41) is 8.77. The third-order valence-corrected chi connectivity index (χ3v) is 6.39. The first-order valence-corrected chi connectivity index (χ1v) is 12.0. The van der Waals surface area contributed by atoms with Crippen molar-refractivity contribution in [2.24, 2.45) is 0 Å². The first-order chi connectivity index (χ1) is 16.6. The second kappa shape index (κ2) is 9.05. The zero-order chi connectivity index (χ0) is 25.3. The molecule has 0 aliphatic rings. The minimum Gasteiger partial charge on any atom is -0.495 e. The van der Waals surface area contributed by atoms with Gasteiger partial charge < -0.3 is 9.72 Å². The lowest BCUT2D eigenvalue weighted by molar-refractivity contribution is 0.413. The highest BCUT2D eigenvalue weighted by Crippen LogP contribution is 2.29. The smallest absolute Gasteiger partial charge is 0.193 e. The number of nitriles is 1. The van der Waals surface area contributed by atoms with E-state index >= 15 is 4.39 Å². The van der Waals surface area contributed by atoms with Crippen LogP contribution in [0, 0.1) is 34.8 Å². The van der Waals surface area contributed by atoms with Crippen LogP contribution in [-0.2, 0) is 9.84 Å². The minimum atomic E-state index is -3.74. The van der Waals surface area contributed by atoms with Crippen molar-refractivity contribution in [3.63, 3.8) is 0 Å². The Kier molecular flexibility index (Phi) is 6.12. The van der Waals surface area contributed by atoms with Crippen LogP contribution in [0.4, 0.5) is 8.78 Å². The fourth-order valence-electron chi connectivity index (χ4n) is 3.61. The Morgan fingerprint density at radius 2 is 1.77 bits per heavy atom. The van der Waals surface area contributed by atoms with E-state index in [9.17, 15) is 22.9 Å². The van der Waals surface area contributed by atoms with E-state index in [1.807, 2.05) is 6.07 Å². The van der Waals surface area contributed by atoms with E-state index in [1.165, 1.54) is 25.3 Å². The van der Waals surface area contributed by atoms with Crippen molar-refractivity contribution in [3.8, 4) is 34.9 Å². The van der Waals surface area contributed by atoms with Crippen LogP contribution in [0.1, 0.15) is 16.7 Å². The quantitative estimate of drug-likeness (QED) is 0.435. The Balaban J connectivity index is 1.93. The molecule has 0 saturated heterocycles. The van der Waals surface area contributed by atoms with Crippen LogP contribution in [0.5, 0.6) is 5.75 Å². The zero-order valence-corrected chi connectivity index (χ0v) is 19.3. The third-order valence-electron chi connectivity index (χ3n) is 5.24. The largest absolute Gasteiger partial charge is 0.495 e. The number of rotatable bonds is 3. The number of aromatic amines is 1. The number of sulfone groups is 1. The van der Waals surface area contributed by atoms with Gasteiger partial charge in [0.25, 0.3) is 0 Å². The van der Waals surface area contributed by atoms with Crippen LogP contribution >= 0.6 is 0 Å². The number of para-hydroxylation sites is 1. The summed E-state index contributed by atoms with van der Waals surface area (Å²) in [7, 11) is -2.30. The fourth-order valence-corrected chi connectivity index (χ4v) is 4.50. The van der Waals surface area contributed by atoms with E-state index in [-0.39, 0.29) is 27.2 Å². The maximum atomic E-state index is 15.3. The van der Waals surface area contributed by atoms with Crippen LogP contribution in [0.15, 0.2) is 64.3 Å². The van der Waals surface area contributed by atoms with E-state index < -0.39 is 37.9 Å². The number of methoxy groups -OCH3 is 1. The maximum absolute atomic E-state index is 15.3. The molecule has 0 unspecified atom stereocenters. The summed E-state index contributed by atoms with van der Waals surface area (Å²) >= 11 is 0. The lowest BCUT2D eigenvalue weighted by Crippen LogP contribution is -2.09. The van der Waals surface area contributed by atoms with Gasteiger partial charge in [-0.15, -0.1) is 0 Å². The molecular weight excluding hydrogens is 474 g/mol. The molecule has 0 aliphatic heterocycles. The molecule has 0 radical (unpaired) electrons. The molecule has 9 heteroatoms. The van der Waals surface area contributed by atoms with Gasteiger partial charge in [-0.3, -0.25) is 4.79 Å². The SMILES string of the molecule is COc1ccccc1C#Cc1c(F)cc2[nH]c(-c3cc(C#N)ccc3S(C)(=O)=O)cc(=O)c2c1F. The average Bonchev–Trinajstić information content (AvgIpc) is 2.82. The van der Waals surface area contributed by atoms with Gasteiger partial charge in [0.1, 0.15) is 11.6 Å². The molecule has 4 aromatic rings. The van der Waals surface area contributed by atoms with Crippen molar-refractivity contribution in [3.05, 3.63) is 93.1 Å². The molecule has 0 spiro atoms. The van der Waals surface area contributed by atoms with Gasteiger partial charge in [0, 0.05) is 17.9 Å². The molecule has 1 heterocycles.